The molecule has 154 valence electrons. The summed E-state index contributed by atoms with van der Waals surface area (Å²) in [5.41, 5.74) is 0.715. The van der Waals surface area contributed by atoms with Gasteiger partial charge in [0.05, 0.1) is 29.5 Å². The fourth-order valence-electron chi connectivity index (χ4n) is 2.61. The van der Waals surface area contributed by atoms with Gasteiger partial charge < -0.3 is 15.7 Å². The molecular weight excluding hydrogens is 384 g/mol. The second-order valence-corrected chi connectivity index (χ2v) is 6.18. The van der Waals surface area contributed by atoms with E-state index in [-0.39, 0.29) is 23.4 Å². The Morgan fingerprint density at radius 1 is 1.31 bits per heavy atom. The first kappa shape index (κ1) is 21.7. The highest BCUT2D eigenvalue weighted by Gasteiger charge is 2.23. The van der Waals surface area contributed by atoms with E-state index in [0.29, 0.717) is 10.2 Å². The van der Waals surface area contributed by atoms with Gasteiger partial charge in [-0.2, -0.15) is 13.9 Å². The van der Waals surface area contributed by atoms with E-state index in [9.17, 15) is 18.4 Å². The van der Waals surface area contributed by atoms with Crippen LogP contribution in [0.4, 0.5) is 19.3 Å². The summed E-state index contributed by atoms with van der Waals surface area (Å²) in [6, 6.07) is 0.846. The molecule has 0 aliphatic carbocycles. The number of carboxylic acid groups (broad SMARTS) is 1. The summed E-state index contributed by atoms with van der Waals surface area (Å²) in [5.74, 6) is -0.977. The third-order valence-corrected chi connectivity index (χ3v) is 4.14. The zero-order chi connectivity index (χ0) is 21.6. The lowest BCUT2D eigenvalue weighted by atomic mass is 10.0. The summed E-state index contributed by atoms with van der Waals surface area (Å²) < 4.78 is 27.4. The smallest absolute Gasteiger partial charge is 0.405 e. The van der Waals surface area contributed by atoms with Crippen LogP contribution in [0.1, 0.15) is 31.5 Å². The number of nitrogens with zero attached hydrogens (tertiary/aromatic N) is 3. The highest BCUT2D eigenvalue weighted by molar-refractivity contribution is 5.96. The number of carbonyl (C=O) groups excluding carboxylic acids is 1. The summed E-state index contributed by atoms with van der Waals surface area (Å²) in [6.07, 6.45) is 5.86. The summed E-state index contributed by atoms with van der Waals surface area (Å²) in [7, 11) is 0. The van der Waals surface area contributed by atoms with Gasteiger partial charge in [-0.25, -0.2) is 9.48 Å². The lowest BCUT2D eigenvalue weighted by molar-refractivity contribution is -0.118. The molecule has 29 heavy (non-hydrogen) atoms. The molecule has 2 rings (SSSR count). The number of alkyl halides is 2. The third-order valence-electron chi connectivity index (χ3n) is 4.14. The second-order valence-electron chi connectivity index (χ2n) is 6.18. The number of halogens is 2. The molecule has 10 heteroatoms. The van der Waals surface area contributed by atoms with E-state index in [0.717, 1.165) is 6.20 Å². The molecule has 2 aromatic heterocycles. The van der Waals surface area contributed by atoms with Gasteiger partial charge in [-0.3, -0.25) is 9.78 Å². The molecule has 2 heterocycles. The summed E-state index contributed by atoms with van der Waals surface area (Å²) in [6.45, 7) is 5.78. The Balaban J connectivity index is 2.51. The molecule has 0 bridgehead atoms. The Morgan fingerprint density at radius 3 is 2.62 bits per heavy atom. The summed E-state index contributed by atoms with van der Waals surface area (Å²) >= 11 is 0. The molecule has 2 amide bonds. The quantitative estimate of drug-likeness (QED) is 0.547. The minimum absolute atomic E-state index is 0.0494. The van der Waals surface area contributed by atoms with Gasteiger partial charge in [0, 0.05) is 18.0 Å². The molecule has 0 saturated heterocycles. The van der Waals surface area contributed by atoms with Gasteiger partial charge in [0.25, 0.3) is 0 Å². The minimum Gasteiger partial charge on any atom is -0.465 e. The Morgan fingerprint density at radius 2 is 2.03 bits per heavy atom. The van der Waals surface area contributed by atoms with Crippen LogP contribution in [0.2, 0.25) is 0 Å². The zero-order valence-electron chi connectivity index (χ0n) is 15.7. The lowest BCUT2D eigenvalue weighted by Crippen LogP contribution is -2.26. The lowest BCUT2D eigenvalue weighted by Gasteiger charge is -2.17. The monoisotopic (exact) mass is 405 g/mol. The van der Waals surface area contributed by atoms with Gasteiger partial charge in [-0.15, -0.1) is 13.2 Å². The van der Waals surface area contributed by atoms with Crippen LogP contribution in [0.3, 0.4) is 0 Å². The van der Waals surface area contributed by atoms with Crippen molar-refractivity contribution in [1.29, 1.82) is 0 Å². The van der Waals surface area contributed by atoms with Crippen LogP contribution in [0.25, 0.3) is 11.3 Å². The van der Waals surface area contributed by atoms with Crippen molar-refractivity contribution >= 4 is 17.7 Å². The normalized spacial score (nSPS) is 12.8. The molecule has 3 N–H and O–H groups in total. The van der Waals surface area contributed by atoms with Crippen molar-refractivity contribution in [3.05, 3.63) is 55.5 Å². The van der Waals surface area contributed by atoms with E-state index in [1.54, 1.807) is 6.92 Å². The van der Waals surface area contributed by atoms with Gasteiger partial charge in [-0.1, -0.05) is 19.1 Å². The van der Waals surface area contributed by atoms with Crippen molar-refractivity contribution in [3.8, 4) is 11.3 Å². The molecule has 0 spiro atoms. The van der Waals surface area contributed by atoms with Gasteiger partial charge in [0.2, 0.25) is 5.91 Å². The molecule has 2 atom stereocenters. The molecule has 0 radical (unpaired) electrons. The predicted octanol–water partition coefficient (Wildman–Crippen LogP) is 3.99. The number of hydrogen-bond acceptors (Lipinski definition) is 4. The van der Waals surface area contributed by atoms with Crippen molar-refractivity contribution < 1.29 is 23.5 Å². The van der Waals surface area contributed by atoms with Gasteiger partial charge in [-0.05, 0) is 18.1 Å². The molecule has 0 saturated carbocycles. The number of hydrogen-bond donors (Lipinski definition) is 3. The Hall–Kier alpha value is -3.56. The second kappa shape index (κ2) is 9.58. The number of anilines is 1. The van der Waals surface area contributed by atoms with Crippen LogP contribution in [-0.4, -0.2) is 31.9 Å². The largest absolute Gasteiger partial charge is 0.465 e. The maximum absolute atomic E-state index is 13.5. The number of amides is 2. The fraction of sp³-hybridized carbons (Fsp3) is 0.263. The number of pyridine rings is 1. The number of nitrogens with one attached hydrogen (secondary N) is 2. The fourth-order valence-corrected chi connectivity index (χ4v) is 2.61. The number of carbonyl (C=O) groups is 2. The van der Waals surface area contributed by atoms with E-state index in [4.69, 9.17) is 5.11 Å². The maximum Gasteiger partial charge on any atom is 0.405 e. The predicted molar refractivity (Wildman–Crippen MR) is 103 cm³/mol. The van der Waals surface area contributed by atoms with Crippen molar-refractivity contribution in [2.75, 3.05) is 5.32 Å². The first-order chi connectivity index (χ1) is 13.8. The maximum atomic E-state index is 13.5. The molecule has 0 aliphatic heterocycles. The zero-order valence-corrected chi connectivity index (χ0v) is 15.7. The van der Waals surface area contributed by atoms with Crippen molar-refractivity contribution in [3.63, 3.8) is 0 Å². The summed E-state index contributed by atoms with van der Waals surface area (Å²) in [5, 5.41) is 17.6. The average Bonchev–Trinajstić information content (AvgIpc) is 3.10. The van der Waals surface area contributed by atoms with E-state index < -0.39 is 30.5 Å². The van der Waals surface area contributed by atoms with Crippen molar-refractivity contribution in [2.24, 2.45) is 5.92 Å². The standard InChI is InChI=1S/C19H21F2N5O3/c1-4-6-14(25-19(28)29)12-7-13(9-22-8-12)16-15(10-23-26(16)18(20)21)24-17(27)11(3)5-2/h4-5,7-11,14,18,25H,1-2,6H2,3H3,(H,24,27)(H,28,29)/t11-,14+/m1/s1. The van der Waals surface area contributed by atoms with Crippen LogP contribution in [0.15, 0.2) is 50.0 Å². The highest BCUT2D eigenvalue weighted by Crippen LogP contribution is 2.33. The molecule has 8 nitrogen and oxygen atoms in total. The Bertz CT molecular complexity index is 913. The Labute approximate surface area is 165 Å². The number of rotatable bonds is 9. The van der Waals surface area contributed by atoms with Crippen LogP contribution >= 0.6 is 0 Å². The van der Waals surface area contributed by atoms with E-state index in [2.05, 4.69) is 33.9 Å². The molecule has 0 aliphatic rings. The van der Waals surface area contributed by atoms with Crippen LogP contribution < -0.4 is 10.6 Å². The SMILES string of the molecule is C=CC[C@H](NC(=O)O)c1cncc(-c2c(NC(=O)[C@H](C)C=C)cnn2C(F)F)c1. The van der Waals surface area contributed by atoms with Crippen molar-refractivity contribution in [1.82, 2.24) is 20.1 Å². The number of aromatic nitrogens is 3. The topological polar surface area (TPSA) is 109 Å². The van der Waals surface area contributed by atoms with Crippen LogP contribution in [0, 0.1) is 5.92 Å². The van der Waals surface area contributed by atoms with E-state index >= 15 is 0 Å². The molecule has 0 unspecified atom stereocenters. The highest BCUT2D eigenvalue weighted by atomic mass is 19.3. The van der Waals surface area contributed by atoms with E-state index in [1.807, 2.05) is 0 Å². The van der Waals surface area contributed by atoms with Gasteiger partial charge in [0.15, 0.2) is 0 Å². The average molecular weight is 405 g/mol. The first-order valence-electron chi connectivity index (χ1n) is 8.63. The van der Waals surface area contributed by atoms with Crippen LogP contribution in [-0.2, 0) is 4.79 Å². The summed E-state index contributed by atoms with van der Waals surface area (Å²) in [4.78, 5) is 27.3. The molecule has 2 aromatic rings. The van der Waals surface area contributed by atoms with E-state index in [1.165, 1.54) is 30.6 Å². The molecule has 0 aromatic carbocycles. The minimum atomic E-state index is -2.96. The van der Waals surface area contributed by atoms with Gasteiger partial charge >= 0.3 is 12.6 Å². The first-order valence-corrected chi connectivity index (χ1v) is 8.63. The van der Waals surface area contributed by atoms with Crippen LogP contribution in [0.5, 0.6) is 0 Å². The molecular formula is C19H21F2N5O3. The third kappa shape index (κ3) is 5.24. The van der Waals surface area contributed by atoms with Crippen molar-refractivity contribution in [2.45, 2.75) is 25.9 Å². The molecule has 0 fully saturated rings. The Kier molecular flexibility index (Phi) is 7.18. The van der Waals surface area contributed by atoms with Gasteiger partial charge in [0.1, 0.15) is 0 Å².